The molecule has 1 N–H and O–H groups in total. The fourth-order valence-electron chi connectivity index (χ4n) is 2.16. The van der Waals surface area contributed by atoms with Gasteiger partial charge in [-0.05, 0) is 12.5 Å². The molecule has 0 aliphatic heterocycles. The fraction of sp³-hybridized carbons (Fsp3) is 0.467. The monoisotopic (exact) mass is 229 g/mol. The van der Waals surface area contributed by atoms with Gasteiger partial charge in [-0.1, -0.05) is 75.7 Å². The van der Waals surface area contributed by atoms with E-state index in [0.717, 1.165) is 0 Å². The van der Waals surface area contributed by atoms with Crippen LogP contribution in [0.15, 0.2) is 36.4 Å². The maximum atomic E-state index is 3.68. The van der Waals surface area contributed by atoms with Crippen molar-refractivity contribution < 1.29 is 0 Å². The van der Waals surface area contributed by atoms with Crippen molar-refractivity contribution in [3.05, 3.63) is 42.0 Å². The van der Waals surface area contributed by atoms with Crippen LogP contribution in [-0.4, -0.2) is 6.85 Å². The first kappa shape index (κ1) is 13.9. The molecule has 92 valence electrons. The highest BCUT2D eigenvalue weighted by molar-refractivity contribution is 6.57. The van der Waals surface area contributed by atoms with Gasteiger partial charge >= 0.3 is 0 Å². The molecule has 0 aliphatic carbocycles. The summed E-state index contributed by atoms with van der Waals surface area (Å²) in [5.41, 5.74) is 2.55. The van der Waals surface area contributed by atoms with Crippen molar-refractivity contribution in [2.45, 2.75) is 46.3 Å². The third-order valence-corrected chi connectivity index (χ3v) is 3.01. The Morgan fingerprint density at radius 2 is 1.71 bits per heavy atom. The second kappa shape index (κ2) is 8.00. The van der Waals surface area contributed by atoms with Gasteiger partial charge < -0.3 is 5.23 Å². The van der Waals surface area contributed by atoms with E-state index in [4.69, 9.17) is 0 Å². The lowest BCUT2D eigenvalue weighted by Gasteiger charge is -2.18. The molecule has 1 rings (SSSR count). The van der Waals surface area contributed by atoms with Crippen LogP contribution < -0.4 is 5.23 Å². The van der Waals surface area contributed by atoms with Crippen LogP contribution in [0.5, 0.6) is 0 Å². The molecule has 0 unspecified atom stereocenters. The molecule has 1 aromatic carbocycles. The second-order valence-corrected chi connectivity index (χ2v) is 4.49. The van der Waals surface area contributed by atoms with Crippen LogP contribution in [0.4, 0.5) is 0 Å². The number of allylic oxidation sites excluding steroid dienone is 1. The first-order valence-corrected chi connectivity index (χ1v) is 6.80. The van der Waals surface area contributed by atoms with Crippen molar-refractivity contribution in [3.8, 4) is 0 Å². The number of nitrogens with one attached hydrogen (secondary N) is 1. The maximum absolute atomic E-state index is 3.68. The van der Waals surface area contributed by atoms with Crippen LogP contribution in [0.3, 0.4) is 0 Å². The van der Waals surface area contributed by atoms with Gasteiger partial charge in [0.15, 0.2) is 0 Å². The highest BCUT2D eigenvalue weighted by atomic mass is 14.8. The Bertz CT molecular complexity index is 326. The van der Waals surface area contributed by atoms with Gasteiger partial charge in [-0.15, -0.1) is 0 Å². The standard InChI is InChI=1S/C15H24BN/c1-4-12-16(13-5-2)17-15(6-3)14-10-8-7-9-11-14/h6-11,17H,4-5,12-13H2,1-3H3. The summed E-state index contributed by atoms with van der Waals surface area (Å²) in [5.74, 6) is 0. The number of hydrogen-bond acceptors (Lipinski definition) is 1. The van der Waals surface area contributed by atoms with Crippen LogP contribution in [-0.2, 0) is 0 Å². The molecule has 17 heavy (non-hydrogen) atoms. The zero-order chi connectivity index (χ0) is 12.5. The minimum absolute atomic E-state index is 0.608. The summed E-state index contributed by atoms with van der Waals surface area (Å²) < 4.78 is 0. The molecule has 0 spiro atoms. The molecule has 1 aromatic rings. The van der Waals surface area contributed by atoms with Crippen LogP contribution in [0.1, 0.15) is 39.2 Å². The molecular weight excluding hydrogens is 205 g/mol. The molecule has 0 radical (unpaired) electrons. The zero-order valence-corrected chi connectivity index (χ0v) is 11.4. The van der Waals surface area contributed by atoms with Gasteiger partial charge in [-0.3, -0.25) is 0 Å². The lowest BCUT2D eigenvalue weighted by atomic mass is 9.55. The first-order valence-electron chi connectivity index (χ1n) is 6.80. The molecule has 0 fully saturated rings. The summed E-state index contributed by atoms with van der Waals surface area (Å²) in [6, 6.07) is 10.6. The summed E-state index contributed by atoms with van der Waals surface area (Å²) in [6.45, 7) is 7.21. The molecular formula is C15H24BN. The van der Waals surface area contributed by atoms with Crippen molar-refractivity contribution in [3.63, 3.8) is 0 Å². The van der Waals surface area contributed by atoms with E-state index in [-0.39, 0.29) is 0 Å². The first-order chi connectivity index (χ1) is 8.31. The van der Waals surface area contributed by atoms with Gasteiger partial charge in [0, 0.05) is 5.70 Å². The largest absolute Gasteiger partial charge is 0.428 e. The molecule has 0 atom stereocenters. The predicted molar refractivity (Wildman–Crippen MR) is 79.2 cm³/mol. The fourth-order valence-corrected chi connectivity index (χ4v) is 2.16. The van der Waals surface area contributed by atoms with E-state index in [1.54, 1.807) is 0 Å². The molecule has 2 heteroatoms. The minimum Gasteiger partial charge on any atom is -0.428 e. The Hall–Kier alpha value is -1.18. The number of benzene rings is 1. The Kier molecular flexibility index (Phi) is 6.53. The second-order valence-electron chi connectivity index (χ2n) is 4.49. The summed E-state index contributed by atoms with van der Waals surface area (Å²) in [4.78, 5) is 0. The van der Waals surface area contributed by atoms with E-state index >= 15 is 0 Å². The third kappa shape index (κ3) is 4.68. The molecule has 0 bridgehead atoms. The quantitative estimate of drug-likeness (QED) is 0.681. The SMILES string of the molecule is CC=C(NB(CCC)CCC)c1ccccc1. The van der Waals surface area contributed by atoms with E-state index in [1.807, 2.05) is 0 Å². The molecule has 0 saturated carbocycles. The topological polar surface area (TPSA) is 12.0 Å². The van der Waals surface area contributed by atoms with Crippen molar-refractivity contribution in [2.24, 2.45) is 0 Å². The Balaban J connectivity index is 2.69. The van der Waals surface area contributed by atoms with Crippen molar-refractivity contribution >= 4 is 12.5 Å². The third-order valence-electron chi connectivity index (χ3n) is 3.01. The van der Waals surface area contributed by atoms with Crippen LogP contribution in [0.2, 0.25) is 12.6 Å². The Labute approximate surface area is 106 Å². The zero-order valence-electron chi connectivity index (χ0n) is 11.4. The van der Waals surface area contributed by atoms with E-state index in [0.29, 0.717) is 6.85 Å². The van der Waals surface area contributed by atoms with Crippen molar-refractivity contribution in [2.75, 3.05) is 0 Å². The van der Waals surface area contributed by atoms with Crippen molar-refractivity contribution in [1.29, 1.82) is 0 Å². The van der Waals surface area contributed by atoms with Crippen LogP contribution >= 0.6 is 0 Å². The van der Waals surface area contributed by atoms with Gasteiger partial charge in [0.05, 0.1) is 0 Å². The number of hydrogen-bond donors (Lipinski definition) is 1. The molecule has 0 heterocycles. The van der Waals surface area contributed by atoms with E-state index in [1.165, 1.54) is 36.7 Å². The molecule has 0 saturated heterocycles. The molecule has 1 nitrogen and oxygen atoms in total. The van der Waals surface area contributed by atoms with Gasteiger partial charge in [-0.25, -0.2) is 0 Å². The predicted octanol–water partition coefficient (Wildman–Crippen LogP) is 4.45. The summed E-state index contributed by atoms with van der Waals surface area (Å²) in [6.07, 6.45) is 7.15. The molecule has 0 aromatic heterocycles. The maximum Gasteiger partial charge on any atom is 0.251 e. The highest BCUT2D eigenvalue weighted by Crippen LogP contribution is 2.14. The Morgan fingerprint density at radius 3 is 2.18 bits per heavy atom. The van der Waals surface area contributed by atoms with Crippen molar-refractivity contribution in [1.82, 2.24) is 5.23 Å². The van der Waals surface area contributed by atoms with E-state index in [9.17, 15) is 0 Å². The summed E-state index contributed by atoms with van der Waals surface area (Å²) in [5, 5.41) is 3.68. The average molecular weight is 229 g/mol. The minimum atomic E-state index is 0.608. The van der Waals surface area contributed by atoms with Gasteiger partial charge in [-0.2, -0.15) is 0 Å². The van der Waals surface area contributed by atoms with Gasteiger partial charge in [0.1, 0.15) is 0 Å². The van der Waals surface area contributed by atoms with E-state index < -0.39 is 0 Å². The molecule has 0 aliphatic rings. The smallest absolute Gasteiger partial charge is 0.251 e. The normalized spacial score (nSPS) is 11.4. The highest BCUT2D eigenvalue weighted by Gasteiger charge is 2.13. The lowest BCUT2D eigenvalue weighted by Crippen LogP contribution is -2.31. The average Bonchev–Trinajstić information content (AvgIpc) is 2.37. The molecule has 0 amide bonds. The number of rotatable bonds is 7. The van der Waals surface area contributed by atoms with Crippen LogP contribution in [0.25, 0.3) is 5.70 Å². The summed E-state index contributed by atoms with van der Waals surface area (Å²) >= 11 is 0. The van der Waals surface area contributed by atoms with E-state index in [2.05, 4.69) is 62.4 Å². The Morgan fingerprint density at radius 1 is 1.12 bits per heavy atom. The lowest BCUT2D eigenvalue weighted by molar-refractivity contribution is 0.978. The summed E-state index contributed by atoms with van der Waals surface area (Å²) in [7, 11) is 0. The van der Waals surface area contributed by atoms with Gasteiger partial charge in [0.25, 0.3) is 6.85 Å². The van der Waals surface area contributed by atoms with Crippen LogP contribution in [0, 0.1) is 0 Å². The van der Waals surface area contributed by atoms with Gasteiger partial charge in [0.2, 0.25) is 0 Å².